The van der Waals surface area contributed by atoms with Crippen molar-refractivity contribution in [2.75, 3.05) is 20.2 Å². The van der Waals surface area contributed by atoms with Crippen LogP contribution in [-0.4, -0.2) is 42.1 Å². The smallest absolute Gasteiger partial charge is 0.311 e. The number of carboxylic acid groups (broad SMARTS) is 1. The van der Waals surface area contributed by atoms with Gasteiger partial charge in [-0.3, -0.25) is 9.59 Å². The Morgan fingerprint density at radius 1 is 1.43 bits per heavy atom. The van der Waals surface area contributed by atoms with Crippen LogP contribution in [0.5, 0.6) is 5.75 Å². The maximum atomic E-state index is 12.6. The lowest BCUT2D eigenvalue weighted by atomic mass is 9.82. The van der Waals surface area contributed by atoms with E-state index >= 15 is 0 Å². The number of piperidine rings is 1. The van der Waals surface area contributed by atoms with Gasteiger partial charge in [-0.05, 0) is 38.0 Å². The summed E-state index contributed by atoms with van der Waals surface area (Å²) in [4.78, 5) is 25.6. The number of hydrogen-bond donors (Lipinski definition) is 1. The fourth-order valence-corrected chi connectivity index (χ4v) is 2.76. The molecule has 1 heterocycles. The SMILES string of the molecule is COc1cc(Cl)ccc1C(=O)N1CCCC(C)(C(=O)O)C1. The first kappa shape index (κ1) is 15.6. The molecule has 1 aliphatic heterocycles. The first-order chi connectivity index (χ1) is 9.87. The number of carbonyl (C=O) groups excluding carboxylic acids is 1. The van der Waals surface area contributed by atoms with Crippen LogP contribution < -0.4 is 4.74 Å². The summed E-state index contributed by atoms with van der Waals surface area (Å²) in [6, 6.07) is 4.81. The van der Waals surface area contributed by atoms with Crippen molar-refractivity contribution in [3.8, 4) is 5.75 Å². The van der Waals surface area contributed by atoms with E-state index in [1.807, 2.05) is 0 Å². The molecule has 21 heavy (non-hydrogen) atoms. The third-order valence-electron chi connectivity index (χ3n) is 3.89. The van der Waals surface area contributed by atoms with Gasteiger partial charge in [-0.2, -0.15) is 0 Å². The second-order valence-corrected chi connectivity index (χ2v) is 5.98. The molecule has 114 valence electrons. The molecule has 1 amide bonds. The number of carboxylic acids is 1. The number of hydrogen-bond acceptors (Lipinski definition) is 3. The summed E-state index contributed by atoms with van der Waals surface area (Å²) in [5, 5.41) is 9.81. The second kappa shape index (κ2) is 5.93. The lowest BCUT2D eigenvalue weighted by Crippen LogP contribution is -2.48. The molecule has 0 saturated carbocycles. The van der Waals surface area contributed by atoms with Crippen LogP contribution in [0.4, 0.5) is 0 Å². The van der Waals surface area contributed by atoms with Crippen LogP contribution in [0.15, 0.2) is 18.2 Å². The molecule has 5 nitrogen and oxygen atoms in total. The Morgan fingerprint density at radius 3 is 2.76 bits per heavy atom. The molecule has 1 aromatic rings. The Labute approximate surface area is 128 Å². The summed E-state index contributed by atoms with van der Waals surface area (Å²) in [6.45, 7) is 2.42. The van der Waals surface area contributed by atoms with Crippen molar-refractivity contribution in [1.82, 2.24) is 4.90 Å². The predicted molar refractivity (Wildman–Crippen MR) is 78.9 cm³/mol. The van der Waals surface area contributed by atoms with Gasteiger partial charge >= 0.3 is 5.97 Å². The molecular weight excluding hydrogens is 294 g/mol. The number of ether oxygens (including phenoxy) is 1. The Bertz CT molecular complexity index is 575. The van der Waals surface area contributed by atoms with Gasteiger partial charge in [0.25, 0.3) is 5.91 Å². The van der Waals surface area contributed by atoms with Gasteiger partial charge in [0.2, 0.25) is 0 Å². The highest BCUT2D eigenvalue weighted by atomic mass is 35.5. The molecule has 1 fully saturated rings. The van der Waals surface area contributed by atoms with Crippen molar-refractivity contribution in [3.05, 3.63) is 28.8 Å². The number of rotatable bonds is 3. The van der Waals surface area contributed by atoms with Crippen molar-refractivity contribution in [2.24, 2.45) is 5.41 Å². The maximum Gasteiger partial charge on any atom is 0.311 e. The molecule has 1 saturated heterocycles. The fraction of sp³-hybridized carbons (Fsp3) is 0.467. The lowest BCUT2D eigenvalue weighted by molar-refractivity contribution is -0.150. The van der Waals surface area contributed by atoms with Crippen LogP contribution in [0.25, 0.3) is 0 Å². The molecule has 1 unspecified atom stereocenters. The lowest BCUT2D eigenvalue weighted by Gasteiger charge is -2.37. The van der Waals surface area contributed by atoms with Crippen LogP contribution in [0.3, 0.4) is 0 Å². The molecule has 2 rings (SSSR count). The van der Waals surface area contributed by atoms with Gasteiger partial charge in [-0.25, -0.2) is 0 Å². The molecule has 0 bridgehead atoms. The zero-order valence-electron chi connectivity index (χ0n) is 12.1. The number of nitrogens with zero attached hydrogens (tertiary/aromatic N) is 1. The topological polar surface area (TPSA) is 66.8 Å². The first-order valence-corrected chi connectivity index (χ1v) is 7.11. The van der Waals surface area contributed by atoms with Crippen LogP contribution in [0.2, 0.25) is 5.02 Å². The van der Waals surface area contributed by atoms with E-state index in [0.717, 1.165) is 0 Å². The molecule has 1 N–H and O–H groups in total. The number of carbonyl (C=O) groups is 2. The van der Waals surface area contributed by atoms with Gasteiger partial charge in [0.1, 0.15) is 5.75 Å². The predicted octanol–water partition coefficient (Wildman–Crippen LogP) is 2.68. The van der Waals surface area contributed by atoms with E-state index < -0.39 is 11.4 Å². The molecule has 0 aromatic heterocycles. The van der Waals surface area contributed by atoms with Crippen molar-refractivity contribution in [1.29, 1.82) is 0 Å². The molecular formula is C15H18ClNO4. The van der Waals surface area contributed by atoms with E-state index in [1.165, 1.54) is 7.11 Å². The van der Waals surface area contributed by atoms with Crippen LogP contribution >= 0.6 is 11.6 Å². The summed E-state index contributed by atoms with van der Waals surface area (Å²) in [5.74, 6) is -0.700. The number of benzene rings is 1. The third-order valence-corrected chi connectivity index (χ3v) is 4.13. The molecule has 0 radical (unpaired) electrons. The minimum absolute atomic E-state index is 0.201. The van der Waals surface area contributed by atoms with Gasteiger partial charge in [0, 0.05) is 18.1 Å². The summed E-state index contributed by atoms with van der Waals surface area (Å²) in [7, 11) is 1.47. The molecule has 0 spiro atoms. The van der Waals surface area contributed by atoms with Crippen molar-refractivity contribution >= 4 is 23.5 Å². The van der Waals surface area contributed by atoms with Crippen LogP contribution in [0, 0.1) is 5.41 Å². The maximum absolute atomic E-state index is 12.6. The molecule has 1 aliphatic rings. The number of methoxy groups -OCH3 is 1. The highest BCUT2D eigenvalue weighted by Gasteiger charge is 2.39. The average Bonchev–Trinajstić information content (AvgIpc) is 2.46. The average molecular weight is 312 g/mol. The standard InChI is InChI=1S/C15H18ClNO4/c1-15(14(19)20)6-3-7-17(9-15)13(18)11-5-4-10(16)8-12(11)21-2/h4-5,8H,3,6-7,9H2,1-2H3,(H,19,20). The summed E-state index contributed by atoms with van der Waals surface area (Å²) < 4.78 is 5.19. The van der Waals surface area contributed by atoms with Crippen molar-refractivity contribution in [2.45, 2.75) is 19.8 Å². The van der Waals surface area contributed by atoms with Gasteiger partial charge in [-0.1, -0.05) is 11.6 Å². The van der Waals surface area contributed by atoms with Crippen LogP contribution in [0.1, 0.15) is 30.1 Å². The summed E-state index contributed by atoms with van der Waals surface area (Å²) in [5.41, 5.74) is -0.496. The largest absolute Gasteiger partial charge is 0.496 e. The Hall–Kier alpha value is -1.75. The van der Waals surface area contributed by atoms with E-state index in [4.69, 9.17) is 16.3 Å². The molecule has 6 heteroatoms. The quantitative estimate of drug-likeness (QED) is 0.932. The molecule has 1 atom stereocenters. The second-order valence-electron chi connectivity index (χ2n) is 5.54. The van der Waals surface area contributed by atoms with Gasteiger partial charge in [0.05, 0.1) is 18.1 Å². The monoisotopic (exact) mass is 311 g/mol. The fourth-order valence-electron chi connectivity index (χ4n) is 2.60. The number of halogens is 1. The van der Waals surface area contributed by atoms with E-state index in [9.17, 15) is 14.7 Å². The summed E-state index contributed by atoms with van der Waals surface area (Å²) >= 11 is 5.89. The van der Waals surface area contributed by atoms with Gasteiger partial charge in [0.15, 0.2) is 0 Å². The normalized spacial score (nSPS) is 22.0. The zero-order valence-corrected chi connectivity index (χ0v) is 12.8. The third kappa shape index (κ3) is 3.13. The minimum atomic E-state index is -0.895. The minimum Gasteiger partial charge on any atom is -0.496 e. The highest BCUT2D eigenvalue weighted by molar-refractivity contribution is 6.30. The van der Waals surface area contributed by atoms with E-state index in [2.05, 4.69) is 0 Å². The molecule has 1 aromatic carbocycles. The first-order valence-electron chi connectivity index (χ1n) is 6.73. The van der Waals surface area contributed by atoms with E-state index in [1.54, 1.807) is 30.0 Å². The Kier molecular flexibility index (Phi) is 4.42. The van der Waals surface area contributed by atoms with E-state index in [0.29, 0.717) is 35.7 Å². The van der Waals surface area contributed by atoms with E-state index in [-0.39, 0.29) is 12.5 Å². The Morgan fingerprint density at radius 2 is 2.14 bits per heavy atom. The highest BCUT2D eigenvalue weighted by Crippen LogP contribution is 2.32. The zero-order chi connectivity index (χ0) is 15.6. The number of amides is 1. The number of aliphatic carboxylic acids is 1. The van der Waals surface area contributed by atoms with Crippen LogP contribution in [-0.2, 0) is 4.79 Å². The number of likely N-dealkylation sites (tertiary alicyclic amines) is 1. The van der Waals surface area contributed by atoms with Crippen molar-refractivity contribution < 1.29 is 19.4 Å². The molecule has 0 aliphatic carbocycles. The van der Waals surface area contributed by atoms with Crippen molar-refractivity contribution in [3.63, 3.8) is 0 Å². The summed E-state index contributed by atoms with van der Waals surface area (Å²) in [6.07, 6.45) is 1.24. The Balaban J connectivity index is 2.26. The van der Waals surface area contributed by atoms with Gasteiger partial charge < -0.3 is 14.7 Å². The van der Waals surface area contributed by atoms with Gasteiger partial charge in [-0.15, -0.1) is 0 Å².